The zero-order chi connectivity index (χ0) is 11.2. The average Bonchev–Trinajstić information content (AvgIpc) is 2.24. The second-order valence-electron chi connectivity index (χ2n) is 1.95. The lowest BCUT2D eigenvalue weighted by Gasteiger charge is -1.89. The van der Waals surface area contributed by atoms with E-state index in [4.69, 9.17) is 5.11 Å². The molecule has 14 heavy (non-hydrogen) atoms. The molecule has 0 atom stereocenters. The second-order valence-corrected chi connectivity index (χ2v) is 1.95. The van der Waals surface area contributed by atoms with E-state index in [1.807, 2.05) is 18.2 Å². The number of rotatable bonds is 1. The third kappa shape index (κ3) is 16.9. The van der Waals surface area contributed by atoms with Crippen molar-refractivity contribution in [2.45, 2.75) is 13.8 Å². The molecule has 0 bridgehead atoms. The zero-order valence-electron chi connectivity index (χ0n) is 8.80. The van der Waals surface area contributed by atoms with Gasteiger partial charge in [0.1, 0.15) is 0 Å². The maximum atomic E-state index is 9.82. The van der Waals surface area contributed by atoms with E-state index < -0.39 is 0 Å². The Morgan fingerprint density at radius 2 is 1.79 bits per heavy atom. The number of pyridine rings is 1. The van der Waals surface area contributed by atoms with Gasteiger partial charge in [-0.2, -0.15) is 0 Å². The summed E-state index contributed by atoms with van der Waals surface area (Å²) in [6.07, 6.45) is 3.50. The van der Waals surface area contributed by atoms with Gasteiger partial charge >= 0.3 is 5.97 Å². The predicted molar refractivity (Wildman–Crippen MR) is 54.7 cm³/mol. The number of carbonyl (C=O) groups is 1. The Bertz CT molecular complexity index is 175. The number of esters is 1. The molecule has 0 unspecified atom stereocenters. The molecule has 0 amide bonds. The van der Waals surface area contributed by atoms with Crippen molar-refractivity contribution in [2.75, 3.05) is 13.7 Å². The molecule has 0 radical (unpaired) electrons. The van der Waals surface area contributed by atoms with Gasteiger partial charge in [0, 0.05) is 26.4 Å². The summed E-state index contributed by atoms with van der Waals surface area (Å²) in [5, 5.41) is 7.00. The van der Waals surface area contributed by atoms with Crippen LogP contribution in [0.1, 0.15) is 13.8 Å². The van der Waals surface area contributed by atoms with E-state index in [0.29, 0.717) is 6.61 Å². The SMILES string of the molecule is CCOC(C)=O.CO.c1ccncc1. The van der Waals surface area contributed by atoms with Crippen LogP contribution in [0.25, 0.3) is 0 Å². The normalized spacial score (nSPS) is 7.14. The maximum absolute atomic E-state index is 9.82. The Morgan fingerprint density at radius 3 is 1.86 bits per heavy atom. The molecule has 1 N–H and O–H groups in total. The zero-order valence-corrected chi connectivity index (χ0v) is 8.80. The van der Waals surface area contributed by atoms with Gasteiger partial charge in [-0.3, -0.25) is 9.78 Å². The van der Waals surface area contributed by atoms with E-state index in [9.17, 15) is 4.79 Å². The third-order valence-electron chi connectivity index (χ3n) is 0.914. The molecule has 0 aliphatic carbocycles. The van der Waals surface area contributed by atoms with Crippen LogP contribution < -0.4 is 0 Å². The summed E-state index contributed by atoms with van der Waals surface area (Å²) in [6.45, 7) is 3.65. The number of hydrogen-bond acceptors (Lipinski definition) is 4. The van der Waals surface area contributed by atoms with Crippen LogP contribution in [0.3, 0.4) is 0 Å². The van der Waals surface area contributed by atoms with E-state index >= 15 is 0 Å². The average molecular weight is 199 g/mol. The standard InChI is InChI=1S/C5H5N.C4H8O2.CH4O/c1-2-4-6-5-3-1;1-3-6-4(2)5;1-2/h1-5H;3H2,1-2H3;2H,1H3. The summed E-state index contributed by atoms with van der Waals surface area (Å²) in [6, 6.07) is 5.72. The van der Waals surface area contributed by atoms with Crippen molar-refractivity contribution in [3.63, 3.8) is 0 Å². The Balaban J connectivity index is 0. The van der Waals surface area contributed by atoms with Gasteiger partial charge in [-0.05, 0) is 19.1 Å². The lowest BCUT2D eigenvalue weighted by molar-refractivity contribution is -0.140. The first-order chi connectivity index (χ1) is 6.77. The minimum Gasteiger partial charge on any atom is -0.466 e. The van der Waals surface area contributed by atoms with Crippen LogP contribution in [0.2, 0.25) is 0 Å². The van der Waals surface area contributed by atoms with Gasteiger partial charge in [0.25, 0.3) is 0 Å². The van der Waals surface area contributed by atoms with Crippen molar-refractivity contribution in [2.24, 2.45) is 0 Å². The molecule has 80 valence electrons. The quantitative estimate of drug-likeness (QED) is 0.692. The van der Waals surface area contributed by atoms with E-state index in [0.717, 1.165) is 7.11 Å². The molecular weight excluding hydrogens is 182 g/mol. The van der Waals surface area contributed by atoms with Crippen molar-refractivity contribution < 1.29 is 14.6 Å². The van der Waals surface area contributed by atoms with Gasteiger partial charge in [0.05, 0.1) is 6.61 Å². The van der Waals surface area contributed by atoms with Crippen LogP contribution in [-0.4, -0.2) is 29.8 Å². The van der Waals surface area contributed by atoms with Crippen molar-refractivity contribution in [1.82, 2.24) is 4.98 Å². The van der Waals surface area contributed by atoms with Crippen LogP contribution in [0, 0.1) is 0 Å². The number of ether oxygens (including phenoxy) is 1. The van der Waals surface area contributed by atoms with Gasteiger partial charge in [-0.1, -0.05) is 6.07 Å². The lowest BCUT2D eigenvalue weighted by atomic mass is 10.5. The Hall–Kier alpha value is -1.42. The number of nitrogens with zero attached hydrogens (tertiary/aromatic N) is 1. The molecule has 0 fully saturated rings. The van der Waals surface area contributed by atoms with Crippen LogP contribution in [0.4, 0.5) is 0 Å². The fourth-order valence-electron chi connectivity index (χ4n) is 0.516. The number of aromatic nitrogens is 1. The summed E-state index contributed by atoms with van der Waals surface area (Å²) in [4.78, 5) is 13.6. The molecule has 0 saturated heterocycles. The molecule has 0 aliphatic heterocycles. The van der Waals surface area contributed by atoms with Crippen molar-refractivity contribution >= 4 is 5.97 Å². The monoisotopic (exact) mass is 199 g/mol. The van der Waals surface area contributed by atoms with Crippen LogP contribution >= 0.6 is 0 Å². The molecule has 4 nitrogen and oxygen atoms in total. The largest absolute Gasteiger partial charge is 0.466 e. The predicted octanol–water partition coefficient (Wildman–Crippen LogP) is 1.26. The molecule has 0 saturated carbocycles. The molecule has 4 heteroatoms. The molecule has 0 spiro atoms. The maximum Gasteiger partial charge on any atom is 0.302 e. The lowest BCUT2D eigenvalue weighted by Crippen LogP contribution is -1.95. The first kappa shape index (κ1) is 15.1. The summed E-state index contributed by atoms with van der Waals surface area (Å²) >= 11 is 0. The van der Waals surface area contributed by atoms with Crippen LogP contribution in [0.15, 0.2) is 30.6 Å². The molecular formula is C10H17NO3. The molecule has 1 rings (SSSR count). The number of carbonyl (C=O) groups excluding carboxylic acids is 1. The number of aliphatic hydroxyl groups is 1. The highest BCUT2D eigenvalue weighted by atomic mass is 16.5. The molecule has 0 aliphatic rings. The minimum atomic E-state index is -0.211. The molecule has 0 aromatic carbocycles. The Kier molecular flexibility index (Phi) is 15.2. The van der Waals surface area contributed by atoms with Crippen molar-refractivity contribution in [3.05, 3.63) is 30.6 Å². The second kappa shape index (κ2) is 14.1. The first-order valence-electron chi connectivity index (χ1n) is 4.20. The van der Waals surface area contributed by atoms with Gasteiger partial charge < -0.3 is 9.84 Å². The van der Waals surface area contributed by atoms with Crippen LogP contribution in [0.5, 0.6) is 0 Å². The highest BCUT2D eigenvalue weighted by molar-refractivity contribution is 5.65. The first-order valence-corrected chi connectivity index (χ1v) is 4.20. The van der Waals surface area contributed by atoms with Crippen molar-refractivity contribution in [1.29, 1.82) is 0 Å². The molecule has 1 heterocycles. The minimum absolute atomic E-state index is 0.211. The van der Waals surface area contributed by atoms with Crippen molar-refractivity contribution in [3.8, 4) is 0 Å². The van der Waals surface area contributed by atoms with Gasteiger partial charge in [-0.25, -0.2) is 0 Å². The fraction of sp³-hybridized carbons (Fsp3) is 0.400. The highest BCUT2D eigenvalue weighted by Gasteiger charge is 1.81. The van der Waals surface area contributed by atoms with E-state index in [2.05, 4.69) is 9.72 Å². The summed E-state index contributed by atoms with van der Waals surface area (Å²) < 4.78 is 4.40. The Labute approximate surface area is 84.6 Å². The molecule has 1 aromatic rings. The summed E-state index contributed by atoms with van der Waals surface area (Å²) in [5.74, 6) is -0.211. The number of aliphatic hydroxyl groups excluding tert-OH is 1. The number of hydrogen-bond donors (Lipinski definition) is 1. The molecule has 1 aromatic heterocycles. The van der Waals surface area contributed by atoms with Crippen LogP contribution in [-0.2, 0) is 9.53 Å². The van der Waals surface area contributed by atoms with E-state index in [1.54, 1.807) is 19.3 Å². The van der Waals surface area contributed by atoms with Gasteiger partial charge in [-0.15, -0.1) is 0 Å². The third-order valence-corrected chi connectivity index (χ3v) is 0.914. The summed E-state index contributed by atoms with van der Waals surface area (Å²) in [5.41, 5.74) is 0. The van der Waals surface area contributed by atoms with E-state index in [-0.39, 0.29) is 5.97 Å². The highest BCUT2D eigenvalue weighted by Crippen LogP contribution is 1.73. The fourth-order valence-corrected chi connectivity index (χ4v) is 0.516. The smallest absolute Gasteiger partial charge is 0.302 e. The Morgan fingerprint density at radius 1 is 1.29 bits per heavy atom. The van der Waals surface area contributed by atoms with Gasteiger partial charge in [0.15, 0.2) is 0 Å². The van der Waals surface area contributed by atoms with Gasteiger partial charge in [0.2, 0.25) is 0 Å². The topological polar surface area (TPSA) is 59.4 Å². The summed E-state index contributed by atoms with van der Waals surface area (Å²) in [7, 11) is 1.00. The van der Waals surface area contributed by atoms with E-state index in [1.165, 1.54) is 6.92 Å².